The fourth-order valence-electron chi connectivity index (χ4n) is 6.41. The quantitative estimate of drug-likeness (QED) is 0.253. The minimum absolute atomic E-state index is 0.898. The lowest BCUT2D eigenvalue weighted by atomic mass is 10.0. The van der Waals surface area contributed by atoms with Crippen molar-refractivity contribution >= 4 is 65.6 Å². The number of para-hydroxylation sites is 3. The van der Waals surface area contributed by atoms with Crippen LogP contribution in [0.1, 0.15) is 0 Å². The summed E-state index contributed by atoms with van der Waals surface area (Å²) in [5.41, 5.74) is 9.84. The van der Waals surface area contributed by atoms with Gasteiger partial charge in [0, 0.05) is 37.8 Å². The van der Waals surface area contributed by atoms with Crippen molar-refractivity contribution in [1.29, 1.82) is 0 Å². The third kappa shape index (κ3) is 2.82. The second-order valence-corrected chi connectivity index (χ2v) is 10.2. The number of fused-ring (bicyclic) bond motifs is 10. The molecule has 0 aliphatic rings. The van der Waals surface area contributed by atoms with Crippen LogP contribution in [0.3, 0.4) is 0 Å². The third-order valence-corrected chi connectivity index (χ3v) is 8.12. The molecule has 3 nitrogen and oxygen atoms in total. The summed E-state index contributed by atoms with van der Waals surface area (Å²) < 4.78 is 8.98. The van der Waals surface area contributed by atoms with Gasteiger partial charge in [0.1, 0.15) is 5.58 Å². The number of benzene rings is 6. The zero-order valence-electron chi connectivity index (χ0n) is 21.0. The van der Waals surface area contributed by atoms with Crippen LogP contribution in [-0.4, -0.2) is 9.55 Å². The highest BCUT2D eigenvalue weighted by Gasteiger charge is 2.21. The molecule has 3 heteroatoms. The molecular formula is C36H22N2O. The van der Waals surface area contributed by atoms with Gasteiger partial charge >= 0.3 is 0 Å². The van der Waals surface area contributed by atoms with Crippen molar-refractivity contribution in [3.63, 3.8) is 0 Å². The minimum atomic E-state index is 0.898. The molecule has 39 heavy (non-hydrogen) atoms. The molecule has 0 aliphatic heterocycles. The Morgan fingerprint density at radius 3 is 2.15 bits per heavy atom. The smallest absolute Gasteiger partial charge is 0.159 e. The number of aromatic amines is 1. The van der Waals surface area contributed by atoms with Gasteiger partial charge in [0.25, 0.3) is 0 Å². The Kier molecular flexibility index (Phi) is 4.05. The highest BCUT2D eigenvalue weighted by molar-refractivity contribution is 6.25. The molecular weight excluding hydrogens is 476 g/mol. The average Bonchev–Trinajstić information content (AvgIpc) is 3.66. The molecule has 3 heterocycles. The number of nitrogens with zero attached hydrogens (tertiary/aromatic N) is 1. The molecule has 6 aromatic carbocycles. The maximum atomic E-state index is 6.60. The van der Waals surface area contributed by atoms with Crippen LogP contribution in [0, 0.1) is 0 Å². The molecule has 0 atom stereocenters. The molecule has 0 fully saturated rings. The number of aromatic nitrogens is 2. The second-order valence-electron chi connectivity index (χ2n) is 10.2. The standard InChI is InChI=1S/C36H22N2O/c1-2-10-22(11-3-1)23-20-28-25-13-6-9-17-33(25)39-36(28)32(21-23)38-30-16-8-5-14-27(30)34-31(38)19-18-26-24-12-4-7-15-29(24)37-35(26)34/h1-21,37H. The first kappa shape index (κ1) is 20.7. The first-order valence-corrected chi connectivity index (χ1v) is 13.3. The Morgan fingerprint density at radius 2 is 1.26 bits per heavy atom. The Labute approximate surface area is 223 Å². The lowest BCUT2D eigenvalue weighted by molar-refractivity contribution is 0.666. The molecule has 9 aromatic rings. The van der Waals surface area contributed by atoms with Crippen molar-refractivity contribution in [3.05, 3.63) is 127 Å². The Morgan fingerprint density at radius 1 is 0.513 bits per heavy atom. The van der Waals surface area contributed by atoms with E-state index in [4.69, 9.17) is 4.42 Å². The zero-order valence-corrected chi connectivity index (χ0v) is 21.0. The molecule has 3 aromatic heterocycles. The summed E-state index contributed by atoms with van der Waals surface area (Å²) in [6, 6.07) is 45.2. The van der Waals surface area contributed by atoms with E-state index in [1.165, 1.54) is 38.2 Å². The largest absolute Gasteiger partial charge is 0.454 e. The topological polar surface area (TPSA) is 33.9 Å². The van der Waals surface area contributed by atoms with Gasteiger partial charge in [0.05, 0.1) is 22.2 Å². The van der Waals surface area contributed by atoms with Gasteiger partial charge in [-0.2, -0.15) is 0 Å². The fourth-order valence-corrected chi connectivity index (χ4v) is 6.41. The summed E-state index contributed by atoms with van der Waals surface area (Å²) in [5.74, 6) is 0. The van der Waals surface area contributed by atoms with E-state index >= 15 is 0 Å². The van der Waals surface area contributed by atoms with Gasteiger partial charge in [-0.15, -0.1) is 0 Å². The fraction of sp³-hybridized carbons (Fsp3) is 0. The lowest BCUT2D eigenvalue weighted by Crippen LogP contribution is -1.95. The molecule has 0 bridgehead atoms. The first-order valence-electron chi connectivity index (χ1n) is 13.3. The third-order valence-electron chi connectivity index (χ3n) is 8.12. The minimum Gasteiger partial charge on any atom is -0.454 e. The number of hydrogen-bond acceptors (Lipinski definition) is 1. The van der Waals surface area contributed by atoms with E-state index in [0.717, 1.165) is 44.2 Å². The summed E-state index contributed by atoms with van der Waals surface area (Å²) >= 11 is 0. The number of hydrogen-bond donors (Lipinski definition) is 1. The lowest BCUT2D eigenvalue weighted by Gasteiger charge is -2.12. The van der Waals surface area contributed by atoms with Crippen LogP contribution in [0.2, 0.25) is 0 Å². The molecule has 1 N–H and O–H groups in total. The summed E-state index contributed by atoms with van der Waals surface area (Å²) in [7, 11) is 0. The van der Waals surface area contributed by atoms with Crippen LogP contribution < -0.4 is 0 Å². The van der Waals surface area contributed by atoms with E-state index in [1.807, 2.05) is 6.07 Å². The van der Waals surface area contributed by atoms with Gasteiger partial charge in [-0.1, -0.05) is 91.0 Å². The molecule has 0 saturated heterocycles. The van der Waals surface area contributed by atoms with Crippen molar-refractivity contribution < 1.29 is 4.42 Å². The summed E-state index contributed by atoms with van der Waals surface area (Å²) in [5, 5.41) is 7.20. The van der Waals surface area contributed by atoms with Crippen molar-refractivity contribution in [2.75, 3.05) is 0 Å². The SMILES string of the molecule is c1ccc(-c2cc(-n3c4ccccc4c4c5[nH]c6ccccc6c5ccc43)c3oc4ccccc4c3c2)cc1. The Bertz CT molecular complexity index is 2390. The number of rotatable bonds is 2. The van der Waals surface area contributed by atoms with E-state index in [1.54, 1.807) is 0 Å². The average molecular weight is 499 g/mol. The molecule has 182 valence electrons. The van der Waals surface area contributed by atoms with Crippen LogP contribution in [0.15, 0.2) is 132 Å². The van der Waals surface area contributed by atoms with Crippen LogP contribution in [0.4, 0.5) is 0 Å². The van der Waals surface area contributed by atoms with E-state index in [2.05, 4.69) is 131 Å². The molecule has 0 saturated carbocycles. The van der Waals surface area contributed by atoms with Crippen molar-refractivity contribution in [3.8, 4) is 16.8 Å². The van der Waals surface area contributed by atoms with Crippen LogP contribution in [0.25, 0.3) is 82.4 Å². The van der Waals surface area contributed by atoms with Crippen molar-refractivity contribution in [2.45, 2.75) is 0 Å². The summed E-state index contributed by atoms with van der Waals surface area (Å²) in [6.45, 7) is 0. The molecule has 0 spiro atoms. The van der Waals surface area contributed by atoms with Crippen molar-refractivity contribution in [2.24, 2.45) is 0 Å². The Balaban J connectivity index is 1.48. The van der Waals surface area contributed by atoms with Crippen LogP contribution >= 0.6 is 0 Å². The highest BCUT2D eigenvalue weighted by Crippen LogP contribution is 2.42. The van der Waals surface area contributed by atoms with Crippen LogP contribution in [-0.2, 0) is 0 Å². The second kappa shape index (κ2) is 7.62. The van der Waals surface area contributed by atoms with Gasteiger partial charge < -0.3 is 14.0 Å². The maximum absolute atomic E-state index is 6.60. The molecule has 9 rings (SSSR count). The monoisotopic (exact) mass is 498 g/mol. The molecule has 0 aliphatic carbocycles. The van der Waals surface area contributed by atoms with Crippen LogP contribution in [0.5, 0.6) is 0 Å². The van der Waals surface area contributed by atoms with Gasteiger partial charge in [-0.05, 0) is 47.5 Å². The van der Waals surface area contributed by atoms with E-state index in [-0.39, 0.29) is 0 Å². The predicted molar refractivity (Wildman–Crippen MR) is 163 cm³/mol. The van der Waals surface area contributed by atoms with E-state index in [9.17, 15) is 0 Å². The maximum Gasteiger partial charge on any atom is 0.159 e. The summed E-state index contributed by atoms with van der Waals surface area (Å²) in [6.07, 6.45) is 0. The van der Waals surface area contributed by atoms with E-state index in [0.29, 0.717) is 0 Å². The van der Waals surface area contributed by atoms with Gasteiger partial charge in [0.2, 0.25) is 0 Å². The predicted octanol–water partition coefficient (Wildman–Crippen LogP) is 9.98. The molecule has 0 radical (unpaired) electrons. The first-order chi connectivity index (χ1) is 19.3. The van der Waals surface area contributed by atoms with Gasteiger partial charge in [0.15, 0.2) is 5.58 Å². The van der Waals surface area contributed by atoms with E-state index < -0.39 is 0 Å². The number of H-pyrrole nitrogens is 1. The number of nitrogens with one attached hydrogen (secondary N) is 1. The van der Waals surface area contributed by atoms with Gasteiger partial charge in [-0.25, -0.2) is 0 Å². The zero-order chi connectivity index (χ0) is 25.5. The Hall–Kier alpha value is -5.28. The molecule has 0 unspecified atom stereocenters. The highest BCUT2D eigenvalue weighted by atomic mass is 16.3. The summed E-state index contributed by atoms with van der Waals surface area (Å²) in [4.78, 5) is 3.74. The van der Waals surface area contributed by atoms with Gasteiger partial charge in [-0.3, -0.25) is 0 Å². The van der Waals surface area contributed by atoms with Crippen molar-refractivity contribution in [1.82, 2.24) is 9.55 Å². The molecule has 0 amide bonds. The normalized spacial score (nSPS) is 12.1. The number of furan rings is 1.